The fourth-order valence-electron chi connectivity index (χ4n) is 2.84. The molecule has 11 heteroatoms. The maximum atomic E-state index is 12.4. The zero-order valence-electron chi connectivity index (χ0n) is 13.9. The number of aliphatic carboxylic acids is 1. The summed E-state index contributed by atoms with van der Waals surface area (Å²) in [6.07, 6.45) is 3.47. The number of ether oxygens (including phenoxy) is 1. The molecule has 1 saturated heterocycles. The Balaban J connectivity index is 0.00000261. The Kier molecular flexibility index (Phi) is 7.15. The van der Waals surface area contributed by atoms with E-state index >= 15 is 0 Å². The Labute approximate surface area is 181 Å². The molecule has 3 heterocycles. The Morgan fingerprint density at radius 1 is 1.33 bits per heavy atom. The third-order valence-electron chi connectivity index (χ3n) is 4.01. The zero-order chi connectivity index (χ0) is 18.8. The topological polar surface area (TPSA) is 118 Å². The van der Waals surface area contributed by atoms with Gasteiger partial charge in [-0.2, -0.15) is 0 Å². The van der Waals surface area contributed by atoms with Crippen molar-refractivity contribution in [3.63, 3.8) is 0 Å². The van der Waals surface area contributed by atoms with E-state index in [2.05, 4.69) is 5.32 Å². The zero-order valence-corrected chi connectivity index (χ0v) is 14.7. The van der Waals surface area contributed by atoms with Gasteiger partial charge in [-0.15, -0.1) is 11.8 Å². The molecule has 0 radical (unpaired) electrons. The number of nitrogens with one attached hydrogen (secondary N) is 1. The first-order valence-electron chi connectivity index (χ1n) is 7.82. The molecule has 3 rings (SSSR count). The van der Waals surface area contributed by atoms with E-state index in [0.29, 0.717) is 11.3 Å². The molecular weight excluding hydrogens is 385 g/mol. The van der Waals surface area contributed by atoms with Gasteiger partial charge in [0.2, 0.25) is 5.91 Å². The molecule has 1 aromatic heterocycles. The van der Waals surface area contributed by atoms with Gasteiger partial charge in [0.05, 0.1) is 0 Å². The predicted octanol–water partition coefficient (Wildman–Crippen LogP) is -0.859. The Morgan fingerprint density at radius 3 is 2.59 bits per heavy atom. The number of nitrogens with zero attached hydrogens (tertiary/aromatic N) is 2. The van der Waals surface area contributed by atoms with Crippen LogP contribution in [0.25, 0.3) is 0 Å². The van der Waals surface area contributed by atoms with E-state index in [9.17, 15) is 24.3 Å². The number of carboxylic acid groups (broad SMARTS) is 1. The summed E-state index contributed by atoms with van der Waals surface area (Å²) in [6.45, 7) is 1.13. The Morgan fingerprint density at radius 2 is 2.00 bits per heavy atom. The van der Waals surface area contributed by atoms with Gasteiger partial charge in [-0.05, 0) is 12.1 Å². The van der Waals surface area contributed by atoms with Crippen molar-refractivity contribution >= 4 is 65.1 Å². The second-order valence-electron chi connectivity index (χ2n) is 5.85. The molecule has 140 valence electrons. The Bertz CT molecular complexity index is 794. The number of rotatable bonds is 6. The number of carboxylic acids is 1. The summed E-state index contributed by atoms with van der Waals surface area (Å²) in [5.41, 5.74) is 0.190. The summed E-state index contributed by atoms with van der Waals surface area (Å²) < 4.78 is 6.54. The van der Waals surface area contributed by atoms with Crippen molar-refractivity contribution in [2.45, 2.75) is 24.9 Å². The molecule has 0 spiro atoms. The molecule has 0 saturated carbocycles. The molecule has 2 N–H and O–H groups in total. The summed E-state index contributed by atoms with van der Waals surface area (Å²) >= 11 is 1.33. The first-order valence-corrected chi connectivity index (χ1v) is 8.87. The van der Waals surface area contributed by atoms with Gasteiger partial charge in [-0.1, -0.05) is 0 Å². The van der Waals surface area contributed by atoms with Crippen LogP contribution in [0.5, 0.6) is 0 Å². The summed E-state index contributed by atoms with van der Waals surface area (Å²) in [4.78, 5) is 48.2. The number of hydrogen-bond donors (Lipinski definition) is 2. The van der Waals surface area contributed by atoms with Crippen LogP contribution in [-0.4, -0.2) is 91.7 Å². The molecule has 2 aliphatic rings. The molecular formula is C16H18N3NaO6S. The van der Waals surface area contributed by atoms with Crippen molar-refractivity contribution < 1.29 is 29.0 Å². The number of carbonyl (C=O) groups excluding carboxylic acids is 3. The number of thioether (sulfide) groups is 1. The molecule has 2 aliphatic heterocycles. The average molecular weight is 403 g/mol. The number of esters is 1. The van der Waals surface area contributed by atoms with Crippen LogP contribution in [0.15, 0.2) is 35.8 Å². The van der Waals surface area contributed by atoms with Gasteiger partial charge < -0.3 is 19.7 Å². The van der Waals surface area contributed by atoms with Crippen LogP contribution in [0.3, 0.4) is 0 Å². The van der Waals surface area contributed by atoms with E-state index in [-0.39, 0.29) is 54.3 Å². The van der Waals surface area contributed by atoms with Gasteiger partial charge in [0.15, 0.2) is 0 Å². The van der Waals surface area contributed by atoms with Crippen LogP contribution in [0.4, 0.5) is 0 Å². The number of β-lactam (4-membered cyclic amide) rings is 1. The van der Waals surface area contributed by atoms with Crippen LogP contribution in [0.2, 0.25) is 0 Å². The fourth-order valence-corrected chi connectivity index (χ4v) is 4.17. The molecule has 1 fully saturated rings. The molecule has 27 heavy (non-hydrogen) atoms. The van der Waals surface area contributed by atoms with Gasteiger partial charge in [0.25, 0.3) is 5.91 Å². The number of hydrogen-bond acceptors (Lipinski definition) is 6. The van der Waals surface area contributed by atoms with E-state index in [1.807, 2.05) is 0 Å². The van der Waals surface area contributed by atoms with Crippen LogP contribution >= 0.6 is 11.8 Å². The van der Waals surface area contributed by atoms with Crippen molar-refractivity contribution in [2.24, 2.45) is 0 Å². The number of aromatic nitrogens is 1. The SMILES string of the molecule is CC(=O)OCC1=C(C(=O)O)N2C(=O)C(NC(=O)Cn3cccc3)C2SC1.[NaH]. The van der Waals surface area contributed by atoms with Crippen LogP contribution in [0.1, 0.15) is 6.92 Å². The molecule has 2 amide bonds. The summed E-state index contributed by atoms with van der Waals surface area (Å²) in [6, 6.07) is 2.80. The second kappa shape index (κ2) is 8.96. The number of carbonyl (C=O) groups is 4. The molecule has 2 atom stereocenters. The second-order valence-corrected chi connectivity index (χ2v) is 6.95. The van der Waals surface area contributed by atoms with Crippen molar-refractivity contribution in [1.29, 1.82) is 0 Å². The predicted molar refractivity (Wildman–Crippen MR) is 97.9 cm³/mol. The normalized spacial score (nSPS) is 20.9. The third-order valence-corrected chi connectivity index (χ3v) is 5.35. The van der Waals surface area contributed by atoms with Gasteiger partial charge in [0, 0.05) is 30.6 Å². The number of fused-ring (bicyclic) bond motifs is 1. The maximum absolute atomic E-state index is 12.4. The molecule has 2 unspecified atom stereocenters. The first kappa shape index (κ1) is 21.5. The van der Waals surface area contributed by atoms with Crippen molar-refractivity contribution in [1.82, 2.24) is 14.8 Å². The van der Waals surface area contributed by atoms with Crippen molar-refractivity contribution in [3.05, 3.63) is 35.8 Å². The summed E-state index contributed by atoms with van der Waals surface area (Å²) in [5, 5.41) is 11.6. The summed E-state index contributed by atoms with van der Waals surface area (Å²) in [5.74, 6) is -2.30. The third kappa shape index (κ3) is 4.57. The van der Waals surface area contributed by atoms with E-state index in [1.165, 1.54) is 18.7 Å². The van der Waals surface area contributed by atoms with Crippen molar-refractivity contribution in [3.8, 4) is 0 Å². The van der Waals surface area contributed by atoms with Gasteiger partial charge in [-0.3, -0.25) is 19.3 Å². The molecule has 9 nitrogen and oxygen atoms in total. The van der Waals surface area contributed by atoms with E-state index in [0.717, 1.165) is 4.90 Å². The molecule has 0 bridgehead atoms. The van der Waals surface area contributed by atoms with Gasteiger partial charge in [-0.25, -0.2) is 4.79 Å². The average Bonchev–Trinajstić information content (AvgIpc) is 3.09. The number of amides is 2. The summed E-state index contributed by atoms with van der Waals surface area (Å²) in [7, 11) is 0. The standard InChI is InChI=1S/C16H17N3O6S.Na.H/c1-9(20)25-7-10-8-26-15-12(14(22)19(15)13(10)16(23)24)17-11(21)6-18-4-2-3-5-18;;/h2-5,12,15H,6-8H2,1H3,(H,17,21)(H,23,24);;. The van der Waals surface area contributed by atoms with Crippen molar-refractivity contribution in [2.75, 3.05) is 12.4 Å². The van der Waals surface area contributed by atoms with E-state index in [1.54, 1.807) is 29.1 Å². The van der Waals surface area contributed by atoms with Crippen LogP contribution in [0, 0.1) is 0 Å². The quantitative estimate of drug-likeness (QED) is 0.361. The minimum atomic E-state index is -1.26. The van der Waals surface area contributed by atoms with Gasteiger partial charge >= 0.3 is 41.5 Å². The van der Waals surface area contributed by atoms with E-state index < -0.39 is 29.3 Å². The van der Waals surface area contributed by atoms with Gasteiger partial charge in [0.1, 0.15) is 30.3 Å². The van der Waals surface area contributed by atoms with Crippen LogP contribution < -0.4 is 5.32 Å². The molecule has 1 aromatic rings. The fraction of sp³-hybridized carbons (Fsp3) is 0.375. The monoisotopic (exact) mass is 403 g/mol. The molecule has 0 aromatic carbocycles. The van der Waals surface area contributed by atoms with Crippen LogP contribution in [-0.2, 0) is 30.5 Å². The van der Waals surface area contributed by atoms with E-state index in [4.69, 9.17) is 4.74 Å². The Hall–Kier alpha value is -1.75. The molecule has 0 aliphatic carbocycles. The first-order chi connectivity index (χ1) is 12.4. The minimum absolute atomic E-state index is 0.